The maximum absolute atomic E-state index is 14.1. The van der Waals surface area contributed by atoms with Gasteiger partial charge in [-0.3, -0.25) is 4.79 Å². The van der Waals surface area contributed by atoms with E-state index in [2.05, 4.69) is 20.4 Å². The number of hydrogen-bond donors (Lipinski definition) is 3. The minimum Gasteiger partial charge on any atom is -0.344 e. The molecule has 0 bridgehead atoms. The quantitative estimate of drug-likeness (QED) is 0.667. The summed E-state index contributed by atoms with van der Waals surface area (Å²) in [5.41, 5.74) is 1.40. The SMILES string of the molecule is O=C(N[C@@H]1CCCc2c1cnn2-c1ccc(F)cc1F)c1c[nH]c(=O)[nH]1. The van der Waals surface area contributed by atoms with E-state index in [4.69, 9.17) is 0 Å². The van der Waals surface area contributed by atoms with Crippen molar-refractivity contribution in [1.29, 1.82) is 0 Å². The molecular weight excluding hydrogens is 344 g/mol. The van der Waals surface area contributed by atoms with Gasteiger partial charge in [0.05, 0.1) is 12.2 Å². The molecule has 26 heavy (non-hydrogen) atoms. The van der Waals surface area contributed by atoms with Crippen molar-refractivity contribution >= 4 is 5.91 Å². The minimum absolute atomic E-state index is 0.138. The van der Waals surface area contributed by atoms with Crippen LogP contribution in [-0.2, 0) is 6.42 Å². The monoisotopic (exact) mass is 359 g/mol. The highest BCUT2D eigenvalue weighted by Crippen LogP contribution is 2.31. The molecule has 2 heterocycles. The van der Waals surface area contributed by atoms with Crippen molar-refractivity contribution in [2.45, 2.75) is 25.3 Å². The first-order valence-corrected chi connectivity index (χ1v) is 8.13. The third kappa shape index (κ3) is 2.81. The second kappa shape index (κ2) is 6.25. The Labute approximate surface area is 146 Å². The van der Waals surface area contributed by atoms with Gasteiger partial charge in [-0.2, -0.15) is 5.10 Å². The molecule has 9 heteroatoms. The van der Waals surface area contributed by atoms with Crippen molar-refractivity contribution in [2.24, 2.45) is 0 Å². The molecule has 2 aromatic heterocycles. The van der Waals surface area contributed by atoms with Crippen LogP contribution in [0.1, 0.15) is 40.6 Å². The molecule has 0 radical (unpaired) electrons. The van der Waals surface area contributed by atoms with Gasteiger partial charge in [-0.1, -0.05) is 0 Å². The summed E-state index contributed by atoms with van der Waals surface area (Å²) in [4.78, 5) is 28.2. The summed E-state index contributed by atoms with van der Waals surface area (Å²) in [5, 5.41) is 7.09. The molecule has 4 rings (SSSR count). The van der Waals surface area contributed by atoms with E-state index >= 15 is 0 Å². The van der Waals surface area contributed by atoms with Gasteiger partial charge < -0.3 is 15.3 Å². The number of nitrogens with zero attached hydrogens (tertiary/aromatic N) is 2. The number of aromatic nitrogens is 4. The molecule has 1 amide bonds. The number of amides is 1. The Balaban J connectivity index is 1.64. The Hall–Kier alpha value is -3.23. The largest absolute Gasteiger partial charge is 0.344 e. The molecule has 1 aliphatic rings. The Morgan fingerprint density at radius 3 is 2.92 bits per heavy atom. The van der Waals surface area contributed by atoms with E-state index in [1.807, 2.05) is 0 Å². The van der Waals surface area contributed by atoms with Crippen molar-refractivity contribution in [3.8, 4) is 5.69 Å². The molecule has 7 nitrogen and oxygen atoms in total. The molecule has 0 unspecified atom stereocenters. The normalized spacial score (nSPS) is 16.3. The van der Waals surface area contributed by atoms with Crippen LogP contribution in [0.4, 0.5) is 8.78 Å². The topological polar surface area (TPSA) is 95.6 Å². The van der Waals surface area contributed by atoms with Crippen LogP contribution in [0.3, 0.4) is 0 Å². The smallest absolute Gasteiger partial charge is 0.323 e. The molecule has 1 atom stereocenters. The zero-order chi connectivity index (χ0) is 18.3. The Kier molecular flexibility index (Phi) is 3.90. The first kappa shape index (κ1) is 16.2. The summed E-state index contributed by atoms with van der Waals surface area (Å²) in [6.45, 7) is 0. The number of carbonyl (C=O) groups is 1. The zero-order valence-electron chi connectivity index (χ0n) is 13.6. The molecule has 0 fully saturated rings. The van der Waals surface area contributed by atoms with E-state index in [0.717, 1.165) is 23.7 Å². The molecular formula is C17H15F2N5O2. The van der Waals surface area contributed by atoms with E-state index in [1.165, 1.54) is 23.0 Å². The maximum Gasteiger partial charge on any atom is 0.323 e. The fourth-order valence-corrected chi connectivity index (χ4v) is 3.26. The molecule has 0 spiro atoms. The summed E-state index contributed by atoms with van der Waals surface area (Å²) < 4.78 is 28.7. The summed E-state index contributed by atoms with van der Waals surface area (Å²) in [6, 6.07) is 3.02. The van der Waals surface area contributed by atoms with Gasteiger partial charge in [-0.15, -0.1) is 0 Å². The fourth-order valence-electron chi connectivity index (χ4n) is 3.26. The van der Waals surface area contributed by atoms with Gasteiger partial charge in [0.15, 0.2) is 5.82 Å². The number of fused-ring (bicyclic) bond motifs is 1. The van der Waals surface area contributed by atoms with Crippen molar-refractivity contribution in [1.82, 2.24) is 25.1 Å². The summed E-state index contributed by atoms with van der Waals surface area (Å²) >= 11 is 0. The van der Waals surface area contributed by atoms with Crippen LogP contribution in [0.5, 0.6) is 0 Å². The summed E-state index contributed by atoms with van der Waals surface area (Å²) in [6.07, 6.45) is 5.03. The molecule has 1 aromatic carbocycles. The van der Waals surface area contributed by atoms with E-state index in [9.17, 15) is 18.4 Å². The lowest BCUT2D eigenvalue weighted by Gasteiger charge is -2.24. The average Bonchev–Trinajstić information content (AvgIpc) is 3.22. The lowest BCUT2D eigenvalue weighted by molar-refractivity contribution is 0.0928. The van der Waals surface area contributed by atoms with Crippen LogP contribution in [0.2, 0.25) is 0 Å². The van der Waals surface area contributed by atoms with Gasteiger partial charge in [0.1, 0.15) is 17.2 Å². The average molecular weight is 359 g/mol. The first-order chi connectivity index (χ1) is 12.5. The third-order valence-corrected chi connectivity index (χ3v) is 4.47. The van der Waals surface area contributed by atoms with Crippen LogP contribution in [-0.4, -0.2) is 25.7 Å². The number of halogens is 2. The second-order valence-corrected chi connectivity index (χ2v) is 6.13. The third-order valence-electron chi connectivity index (χ3n) is 4.47. The van der Waals surface area contributed by atoms with E-state index < -0.39 is 23.2 Å². The van der Waals surface area contributed by atoms with E-state index in [-0.39, 0.29) is 17.4 Å². The zero-order valence-corrected chi connectivity index (χ0v) is 13.6. The highest BCUT2D eigenvalue weighted by Gasteiger charge is 2.27. The van der Waals surface area contributed by atoms with Crippen molar-refractivity contribution < 1.29 is 13.6 Å². The fraction of sp³-hybridized carbons (Fsp3) is 0.235. The lowest BCUT2D eigenvalue weighted by Crippen LogP contribution is -2.31. The molecule has 1 aliphatic carbocycles. The highest BCUT2D eigenvalue weighted by atomic mass is 19.1. The van der Waals surface area contributed by atoms with E-state index in [0.29, 0.717) is 12.8 Å². The van der Waals surface area contributed by atoms with Crippen LogP contribution in [0, 0.1) is 11.6 Å². The number of carbonyl (C=O) groups excluding carboxylic acids is 1. The van der Waals surface area contributed by atoms with Crippen LogP contribution in [0.15, 0.2) is 35.4 Å². The van der Waals surface area contributed by atoms with Crippen molar-refractivity contribution in [3.63, 3.8) is 0 Å². The molecule has 0 saturated heterocycles. The number of aromatic amines is 2. The van der Waals surface area contributed by atoms with Crippen LogP contribution < -0.4 is 11.0 Å². The van der Waals surface area contributed by atoms with Gasteiger partial charge in [-0.05, 0) is 31.4 Å². The van der Waals surface area contributed by atoms with Crippen LogP contribution in [0.25, 0.3) is 5.69 Å². The van der Waals surface area contributed by atoms with E-state index in [1.54, 1.807) is 6.20 Å². The molecule has 3 aromatic rings. The van der Waals surface area contributed by atoms with Gasteiger partial charge in [-0.25, -0.2) is 18.3 Å². The molecule has 3 N–H and O–H groups in total. The minimum atomic E-state index is -0.702. The predicted molar refractivity (Wildman–Crippen MR) is 88.0 cm³/mol. The van der Waals surface area contributed by atoms with Gasteiger partial charge in [0.2, 0.25) is 0 Å². The van der Waals surface area contributed by atoms with Gasteiger partial charge in [0.25, 0.3) is 5.91 Å². The molecule has 134 valence electrons. The molecule has 0 aliphatic heterocycles. The Morgan fingerprint density at radius 2 is 2.19 bits per heavy atom. The Bertz CT molecular complexity index is 1040. The van der Waals surface area contributed by atoms with Crippen LogP contribution >= 0.6 is 0 Å². The summed E-state index contributed by atoms with van der Waals surface area (Å²) in [5.74, 6) is -1.77. The van der Waals surface area contributed by atoms with Crippen molar-refractivity contribution in [3.05, 3.63) is 69.7 Å². The second-order valence-electron chi connectivity index (χ2n) is 6.13. The number of H-pyrrole nitrogens is 2. The van der Waals surface area contributed by atoms with Gasteiger partial charge >= 0.3 is 5.69 Å². The number of benzene rings is 1. The summed E-state index contributed by atoms with van der Waals surface area (Å²) in [7, 11) is 0. The molecule has 0 saturated carbocycles. The number of rotatable bonds is 3. The number of hydrogen-bond acceptors (Lipinski definition) is 3. The first-order valence-electron chi connectivity index (χ1n) is 8.13. The Morgan fingerprint density at radius 1 is 1.35 bits per heavy atom. The number of imidazole rings is 1. The lowest BCUT2D eigenvalue weighted by atomic mass is 9.92. The standard InChI is InChI=1S/C17H15F2N5O2/c18-9-4-5-15(11(19)6-9)24-14-3-1-2-12(10(14)7-21-24)22-16(25)13-8-20-17(26)23-13/h4-8,12H,1-3H2,(H,22,25)(H2,20,23,26)/t12-/m1/s1. The predicted octanol–water partition coefficient (Wildman–Crippen LogP) is 1.97. The van der Waals surface area contributed by atoms with Gasteiger partial charge in [0, 0.05) is 23.5 Å². The van der Waals surface area contributed by atoms with Crippen molar-refractivity contribution in [2.75, 3.05) is 0 Å². The highest BCUT2D eigenvalue weighted by molar-refractivity contribution is 5.92. The number of nitrogens with one attached hydrogen (secondary N) is 3. The maximum atomic E-state index is 14.1.